The van der Waals surface area contributed by atoms with Gasteiger partial charge < -0.3 is 4.74 Å². The van der Waals surface area contributed by atoms with Crippen LogP contribution in [0.3, 0.4) is 0 Å². The highest BCUT2D eigenvalue weighted by molar-refractivity contribution is 5.76. The number of hydrogen-bond donors (Lipinski definition) is 0. The maximum Gasteiger partial charge on any atom is 0.345 e. The Kier molecular flexibility index (Phi) is 3.71. The van der Waals surface area contributed by atoms with Crippen LogP contribution in [-0.4, -0.2) is 12.6 Å². The van der Waals surface area contributed by atoms with Crippen molar-refractivity contribution >= 4 is 5.97 Å². The molecule has 1 aromatic rings. The molecule has 1 rings (SSSR count). The Morgan fingerprint density at radius 2 is 2.13 bits per heavy atom. The van der Waals surface area contributed by atoms with Gasteiger partial charge in [-0.05, 0) is 25.1 Å². The van der Waals surface area contributed by atoms with Crippen LogP contribution < -0.4 is 0 Å². The van der Waals surface area contributed by atoms with Crippen LogP contribution in [0.15, 0.2) is 18.2 Å². The number of hydrogen-bond acceptors (Lipinski definition) is 2. The largest absolute Gasteiger partial charge is 0.464 e. The zero-order valence-electron chi connectivity index (χ0n) is 7.97. The van der Waals surface area contributed by atoms with Gasteiger partial charge in [-0.2, -0.15) is 0 Å². The second kappa shape index (κ2) is 4.82. The van der Waals surface area contributed by atoms with Gasteiger partial charge in [0.1, 0.15) is 11.6 Å². The van der Waals surface area contributed by atoms with Crippen LogP contribution in [0.1, 0.15) is 18.7 Å². The van der Waals surface area contributed by atoms with Crippen molar-refractivity contribution in [1.29, 1.82) is 0 Å². The Labute approximate surface area is 84.7 Å². The van der Waals surface area contributed by atoms with E-state index in [0.29, 0.717) is 6.07 Å². The lowest BCUT2D eigenvalue weighted by Gasteiger charge is -2.08. The Hall–Kier alpha value is -1.52. The van der Waals surface area contributed by atoms with Crippen molar-refractivity contribution in [1.82, 2.24) is 0 Å². The van der Waals surface area contributed by atoms with Gasteiger partial charge in [0.05, 0.1) is 6.61 Å². The standard InChI is InChI=1S/C10H9F3O2/c1-2-15-10(14)9(13)7-5-6(11)3-4-8(7)12/h3-5,9H,2H2,1H3. The first kappa shape index (κ1) is 11.6. The highest BCUT2D eigenvalue weighted by Gasteiger charge is 2.24. The SMILES string of the molecule is CCOC(=O)C(F)c1cc(F)ccc1F. The Morgan fingerprint density at radius 1 is 1.47 bits per heavy atom. The van der Waals surface area contributed by atoms with Crippen LogP contribution in [-0.2, 0) is 9.53 Å². The lowest BCUT2D eigenvalue weighted by Crippen LogP contribution is -2.13. The van der Waals surface area contributed by atoms with Crippen molar-refractivity contribution < 1.29 is 22.7 Å². The second-order valence-electron chi connectivity index (χ2n) is 2.78. The fourth-order valence-electron chi connectivity index (χ4n) is 1.05. The summed E-state index contributed by atoms with van der Waals surface area (Å²) in [5.74, 6) is -3.00. The van der Waals surface area contributed by atoms with Gasteiger partial charge in [-0.1, -0.05) is 0 Å². The first-order valence-electron chi connectivity index (χ1n) is 4.32. The smallest absolute Gasteiger partial charge is 0.345 e. The molecule has 0 bridgehead atoms. The molecule has 1 unspecified atom stereocenters. The van der Waals surface area contributed by atoms with E-state index in [-0.39, 0.29) is 6.61 Å². The zero-order chi connectivity index (χ0) is 11.4. The van der Waals surface area contributed by atoms with E-state index in [1.165, 1.54) is 6.92 Å². The molecule has 1 atom stereocenters. The lowest BCUT2D eigenvalue weighted by atomic mass is 10.1. The average molecular weight is 218 g/mol. The number of halogens is 3. The summed E-state index contributed by atoms with van der Waals surface area (Å²) in [4.78, 5) is 10.9. The highest BCUT2D eigenvalue weighted by Crippen LogP contribution is 2.22. The molecule has 0 aliphatic carbocycles. The summed E-state index contributed by atoms with van der Waals surface area (Å²) < 4.78 is 43.3. The van der Waals surface area contributed by atoms with E-state index in [4.69, 9.17) is 0 Å². The van der Waals surface area contributed by atoms with Crippen LogP contribution >= 0.6 is 0 Å². The van der Waals surface area contributed by atoms with Crippen molar-refractivity contribution in [2.45, 2.75) is 13.1 Å². The minimum atomic E-state index is -2.29. The van der Waals surface area contributed by atoms with Gasteiger partial charge in [0.25, 0.3) is 0 Å². The van der Waals surface area contributed by atoms with E-state index in [1.54, 1.807) is 0 Å². The van der Waals surface area contributed by atoms with Crippen LogP contribution in [0.4, 0.5) is 13.2 Å². The van der Waals surface area contributed by atoms with Gasteiger partial charge >= 0.3 is 5.97 Å². The number of rotatable bonds is 3. The van der Waals surface area contributed by atoms with Gasteiger partial charge in [0, 0.05) is 5.56 Å². The number of carbonyl (C=O) groups excluding carboxylic acids is 1. The minimum absolute atomic E-state index is 0.0177. The van der Waals surface area contributed by atoms with Crippen molar-refractivity contribution in [3.8, 4) is 0 Å². The van der Waals surface area contributed by atoms with E-state index >= 15 is 0 Å². The predicted octanol–water partition coefficient (Wildman–Crippen LogP) is 2.54. The molecule has 0 radical (unpaired) electrons. The Morgan fingerprint density at radius 3 is 2.73 bits per heavy atom. The van der Waals surface area contributed by atoms with Gasteiger partial charge in [-0.15, -0.1) is 0 Å². The summed E-state index contributed by atoms with van der Waals surface area (Å²) in [5, 5.41) is 0. The third kappa shape index (κ3) is 2.71. The normalized spacial score (nSPS) is 12.3. The maximum absolute atomic E-state index is 13.3. The van der Waals surface area contributed by atoms with Crippen LogP contribution in [0.2, 0.25) is 0 Å². The van der Waals surface area contributed by atoms with Crippen LogP contribution in [0.5, 0.6) is 0 Å². The van der Waals surface area contributed by atoms with E-state index in [9.17, 15) is 18.0 Å². The molecule has 0 N–H and O–H groups in total. The van der Waals surface area contributed by atoms with E-state index in [1.807, 2.05) is 0 Å². The summed E-state index contributed by atoms with van der Waals surface area (Å²) in [5.41, 5.74) is -0.645. The fourth-order valence-corrected chi connectivity index (χ4v) is 1.05. The average Bonchev–Trinajstić information content (AvgIpc) is 2.21. The number of ether oxygens (including phenoxy) is 1. The monoisotopic (exact) mass is 218 g/mol. The molecule has 1 aromatic carbocycles. The molecular formula is C10H9F3O2. The predicted molar refractivity (Wildman–Crippen MR) is 46.8 cm³/mol. The molecule has 0 spiro atoms. The molecule has 5 heteroatoms. The van der Waals surface area contributed by atoms with Crippen molar-refractivity contribution in [2.75, 3.05) is 6.61 Å². The summed E-state index contributed by atoms with van der Waals surface area (Å²) in [6, 6.07) is 2.24. The molecule has 0 aliphatic heterocycles. The number of alkyl halides is 1. The third-order valence-corrected chi connectivity index (χ3v) is 1.72. The van der Waals surface area contributed by atoms with Gasteiger partial charge in [0.2, 0.25) is 6.17 Å². The van der Waals surface area contributed by atoms with Gasteiger partial charge in [-0.3, -0.25) is 0 Å². The second-order valence-corrected chi connectivity index (χ2v) is 2.78. The Bertz CT molecular complexity index is 366. The molecular weight excluding hydrogens is 209 g/mol. The fraction of sp³-hybridized carbons (Fsp3) is 0.300. The maximum atomic E-state index is 13.3. The van der Waals surface area contributed by atoms with Crippen molar-refractivity contribution in [3.63, 3.8) is 0 Å². The molecule has 0 amide bonds. The summed E-state index contributed by atoms with van der Waals surface area (Å²) in [6.45, 7) is 1.47. The van der Waals surface area contributed by atoms with E-state index in [0.717, 1.165) is 12.1 Å². The molecule has 15 heavy (non-hydrogen) atoms. The highest BCUT2D eigenvalue weighted by atomic mass is 19.1. The van der Waals surface area contributed by atoms with Gasteiger partial charge in [0.15, 0.2) is 0 Å². The number of esters is 1. The zero-order valence-corrected chi connectivity index (χ0v) is 7.97. The van der Waals surface area contributed by atoms with Crippen LogP contribution in [0.25, 0.3) is 0 Å². The topological polar surface area (TPSA) is 26.3 Å². The Balaban J connectivity index is 2.94. The number of carbonyl (C=O) groups is 1. The molecule has 0 saturated heterocycles. The molecule has 0 heterocycles. The first-order chi connectivity index (χ1) is 7.06. The van der Waals surface area contributed by atoms with Gasteiger partial charge in [-0.25, -0.2) is 18.0 Å². The van der Waals surface area contributed by atoms with Crippen molar-refractivity contribution in [2.24, 2.45) is 0 Å². The quantitative estimate of drug-likeness (QED) is 0.729. The third-order valence-electron chi connectivity index (χ3n) is 1.72. The van der Waals surface area contributed by atoms with Crippen molar-refractivity contribution in [3.05, 3.63) is 35.4 Å². The molecule has 0 saturated carbocycles. The lowest BCUT2D eigenvalue weighted by molar-refractivity contribution is -0.149. The number of benzene rings is 1. The molecule has 0 fully saturated rings. The molecule has 2 nitrogen and oxygen atoms in total. The molecule has 0 aromatic heterocycles. The molecule has 0 aliphatic rings. The van der Waals surface area contributed by atoms with Crippen LogP contribution in [0, 0.1) is 11.6 Å². The molecule has 82 valence electrons. The summed E-state index contributed by atoms with van der Waals surface area (Å²) in [7, 11) is 0. The summed E-state index contributed by atoms with van der Waals surface area (Å²) >= 11 is 0. The van der Waals surface area contributed by atoms with E-state index in [2.05, 4.69) is 4.74 Å². The minimum Gasteiger partial charge on any atom is -0.464 e. The van der Waals surface area contributed by atoms with E-state index < -0.39 is 29.3 Å². The summed E-state index contributed by atoms with van der Waals surface area (Å²) in [6.07, 6.45) is -2.29. The first-order valence-corrected chi connectivity index (χ1v) is 4.32.